The number of nitrogens with one attached hydrogen (secondary N) is 1. The van der Waals surface area contributed by atoms with Gasteiger partial charge in [0.15, 0.2) is 0 Å². The third-order valence-corrected chi connectivity index (χ3v) is 2.23. The monoisotopic (exact) mass is 281 g/mol. The van der Waals surface area contributed by atoms with Crippen molar-refractivity contribution in [3.8, 4) is 0 Å². The molecule has 0 heterocycles. The van der Waals surface area contributed by atoms with Gasteiger partial charge in [0.2, 0.25) is 0 Å². The first-order chi connectivity index (χ1) is 8.25. The molecule has 0 spiro atoms. The Labute approximate surface area is 105 Å². The van der Waals surface area contributed by atoms with Crippen molar-refractivity contribution in [2.24, 2.45) is 0 Å². The van der Waals surface area contributed by atoms with Crippen LogP contribution in [0.1, 0.15) is 5.56 Å². The van der Waals surface area contributed by atoms with Crippen LogP contribution >= 0.6 is 11.6 Å². The van der Waals surface area contributed by atoms with Crippen molar-refractivity contribution in [3.63, 3.8) is 0 Å². The van der Waals surface area contributed by atoms with Crippen molar-refractivity contribution < 1.29 is 27.5 Å². The second-order valence-electron chi connectivity index (χ2n) is 3.14. The summed E-state index contributed by atoms with van der Waals surface area (Å²) in [5.41, 5.74) is -1.07. The average Bonchev–Trinajstić information content (AvgIpc) is 2.29. The summed E-state index contributed by atoms with van der Waals surface area (Å²) in [6.45, 7) is 0. The average molecular weight is 282 g/mol. The zero-order chi connectivity index (χ0) is 13.9. The van der Waals surface area contributed by atoms with Gasteiger partial charge in [-0.2, -0.15) is 13.2 Å². The number of hydrogen-bond acceptors (Lipinski definition) is 3. The van der Waals surface area contributed by atoms with Crippen LogP contribution < -0.4 is 5.32 Å². The predicted molar refractivity (Wildman–Crippen MR) is 57.1 cm³/mol. The minimum Gasteiger partial charge on any atom is -0.462 e. The van der Waals surface area contributed by atoms with Crippen LogP contribution in [0.5, 0.6) is 0 Å². The fourth-order valence-corrected chi connectivity index (χ4v) is 1.29. The summed E-state index contributed by atoms with van der Waals surface area (Å²) in [5.74, 6) is -2.30. The second kappa shape index (κ2) is 5.26. The molecule has 1 rings (SSSR count). The minimum atomic E-state index is -4.53. The van der Waals surface area contributed by atoms with E-state index in [4.69, 9.17) is 11.6 Å². The van der Waals surface area contributed by atoms with Crippen molar-refractivity contribution in [1.82, 2.24) is 0 Å². The number of benzene rings is 1. The molecule has 0 fully saturated rings. The molecule has 1 amide bonds. The number of carbonyl (C=O) groups is 2. The Morgan fingerprint density at radius 2 is 1.94 bits per heavy atom. The van der Waals surface area contributed by atoms with E-state index in [9.17, 15) is 22.8 Å². The summed E-state index contributed by atoms with van der Waals surface area (Å²) in [7, 11) is 0.996. The number of carbonyl (C=O) groups excluding carboxylic acids is 2. The van der Waals surface area contributed by atoms with Gasteiger partial charge < -0.3 is 10.1 Å². The minimum absolute atomic E-state index is 0.111. The standard InChI is InChI=1S/C10H7ClF3NO3/c1-18-9(17)8(16)15-7-3-2-5(4-6(7)11)10(12,13)14/h2-4H,1H3,(H,15,16). The third-order valence-electron chi connectivity index (χ3n) is 1.92. The van der Waals surface area contributed by atoms with E-state index >= 15 is 0 Å². The highest BCUT2D eigenvalue weighted by Crippen LogP contribution is 2.33. The van der Waals surface area contributed by atoms with Crippen LogP contribution in [0.25, 0.3) is 0 Å². The van der Waals surface area contributed by atoms with Gasteiger partial charge in [0, 0.05) is 0 Å². The van der Waals surface area contributed by atoms with Crippen molar-refractivity contribution >= 4 is 29.2 Å². The van der Waals surface area contributed by atoms with Crippen LogP contribution in [0.2, 0.25) is 5.02 Å². The number of hydrogen-bond donors (Lipinski definition) is 1. The summed E-state index contributed by atoms with van der Waals surface area (Å²) < 4.78 is 41.1. The first-order valence-electron chi connectivity index (χ1n) is 4.51. The van der Waals surface area contributed by atoms with Gasteiger partial charge in [-0.25, -0.2) is 4.79 Å². The molecule has 0 saturated carbocycles. The zero-order valence-electron chi connectivity index (χ0n) is 8.97. The Hall–Kier alpha value is -1.76. The molecule has 98 valence electrons. The molecule has 1 aromatic rings. The molecule has 8 heteroatoms. The summed E-state index contributed by atoms with van der Waals surface area (Å²) in [6.07, 6.45) is -4.53. The smallest absolute Gasteiger partial charge is 0.416 e. The van der Waals surface area contributed by atoms with Crippen LogP contribution in [0.15, 0.2) is 18.2 Å². The zero-order valence-corrected chi connectivity index (χ0v) is 9.72. The largest absolute Gasteiger partial charge is 0.462 e. The molecule has 0 aliphatic carbocycles. The molecule has 18 heavy (non-hydrogen) atoms. The Balaban J connectivity index is 2.94. The lowest BCUT2D eigenvalue weighted by Crippen LogP contribution is -2.24. The SMILES string of the molecule is COC(=O)C(=O)Nc1ccc(C(F)(F)F)cc1Cl. The molecule has 1 aromatic carbocycles. The van der Waals surface area contributed by atoms with Gasteiger partial charge in [-0.1, -0.05) is 11.6 Å². The van der Waals surface area contributed by atoms with Crippen molar-refractivity contribution in [2.75, 3.05) is 12.4 Å². The lowest BCUT2D eigenvalue weighted by atomic mass is 10.2. The molecule has 0 unspecified atom stereocenters. The van der Waals surface area contributed by atoms with E-state index in [1.807, 2.05) is 5.32 Å². The van der Waals surface area contributed by atoms with Gasteiger partial charge in [0.1, 0.15) is 0 Å². The van der Waals surface area contributed by atoms with E-state index in [1.54, 1.807) is 0 Å². The normalized spacial score (nSPS) is 10.9. The van der Waals surface area contributed by atoms with Gasteiger partial charge in [0.25, 0.3) is 0 Å². The quantitative estimate of drug-likeness (QED) is 0.635. The molecular weight excluding hydrogens is 275 g/mol. The lowest BCUT2D eigenvalue weighted by molar-refractivity contribution is -0.150. The van der Waals surface area contributed by atoms with Gasteiger partial charge in [0.05, 0.1) is 23.4 Å². The van der Waals surface area contributed by atoms with Gasteiger partial charge >= 0.3 is 18.1 Å². The van der Waals surface area contributed by atoms with E-state index in [0.717, 1.165) is 19.2 Å². The molecule has 0 atom stereocenters. The summed E-state index contributed by atoms with van der Waals surface area (Å²) >= 11 is 5.56. The first-order valence-corrected chi connectivity index (χ1v) is 4.89. The van der Waals surface area contributed by atoms with Crippen LogP contribution in [-0.2, 0) is 20.5 Å². The maximum Gasteiger partial charge on any atom is 0.416 e. The van der Waals surface area contributed by atoms with E-state index in [0.29, 0.717) is 6.07 Å². The highest BCUT2D eigenvalue weighted by molar-refractivity contribution is 6.39. The number of ether oxygens (including phenoxy) is 1. The topological polar surface area (TPSA) is 55.4 Å². The maximum absolute atomic E-state index is 12.3. The van der Waals surface area contributed by atoms with Crippen molar-refractivity contribution in [1.29, 1.82) is 0 Å². The van der Waals surface area contributed by atoms with E-state index in [1.165, 1.54) is 0 Å². The number of methoxy groups -OCH3 is 1. The summed E-state index contributed by atoms with van der Waals surface area (Å²) in [5, 5.41) is 1.70. The summed E-state index contributed by atoms with van der Waals surface area (Å²) in [4.78, 5) is 21.9. The van der Waals surface area contributed by atoms with Gasteiger partial charge in [-0.05, 0) is 18.2 Å². The number of rotatable bonds is 1. The molecule has 0 saturated heterocycles. The van der Waals surface area contributed by atoms with E-state index in [2.05, 4.69) is 4.74 Å². The Morgan fingerprint density at radius 1 is 1.33 bits per heavy atom. The predicted octanol–water partition coefficient (Wildman–Crippen LogP) is 2.47. The molecule has 0 aromatic heterocycles. The van der Waals surface area contributed by atoms with Crippen LogP contribution in [0.3, 0.4) is 0 Å². The third kappa shape index (κ3) is 3.36. The maximum atomic E-state index is 12.3. The van der Waals surface area contributed by atoms with Crippen molar-refractivity contribution in [3.05, 3.63) is 28.8 Å². The first kappa shape index (κ1) is 14.3. The molecule has 0 aliphatic heterocycles. The highest BCUT2D eigenvalue weighted by Gasteiger charge is 2.31. The van der Waals surface area contributed by atoms with E-state index in [-0.39, 0.29) is 10.7 Å². The second-order valence-corrected chi connectivity index (χ2v) is 3.55. The summed E-state index contributed by atoms with van der Waals surface area (Å²) in [6, 6.07) is 2.33. The van der Waals surface area contributed by atoms with E-state index < -0.39 is 23.6 Å². The number of halogens is 4. The molecule has 0 bridgehead atoms. The molecule has 0 radical (unpaired) electrons. The highest BCUT2D eigenvalue weighted by atomic mass is 35.5. The number of anilines is 1. The van der Waals surface area contributed by atoms with Crippen LogP contribution in [0, 0.1) is 0 Å². The molecular formula is C10H7ClF3NO3. The Kier molecular flexibility index (Phi) is 4.18. The molecule has 0 aliphatic rings. The van der Waals surface area contributed by atoms with Gasteiger partial charge in [-0.3, -0.25) is 4.79 Å². The Morgan fingerprint density at radius 3 is 2.39 bits per heavy atom. The number of esters is 1. The van der Waals surface area contributed by atoms with Crippen molar-refractivity contribution in [2.45, 2.75) is 6.18 Å². The number of amides is 1. The fraction of sp³-hybridized carbons (Fsp3) is 0.200. The number of alkyl halides is 3. The van der Waals surface area contributed by atoms with Crippen LogP contribution in [-0.4, -0.2) is 19.0 Å². The fourth-order valence-electron chi connectivity index (χ4n) is 1.06. The molecule has 4 nitrogen and oxygen atoms in total. The Bertz CT molecular complexity index is 488. The molecule has 1 N–H and O–H groups in total. The van der Waals surface area contributed by atoms with Gasteiger partial charge in [-0.15, -0.1) is 0 Å². The van der Waals surface area contributed by atoms with Crippen LogP contribution in [0.4, 0.5) is 18.9 Å². The lowest BCUT2D eigenvalue weighted by Gasteiger charge is -2.10.